The molecule has 0 spiro atoms. The van der Waals surface area contributed by atoms with Crippen molar-refractivity contribution in [3.8, 4) is 16.9 Å². The Labute approximate surface area is 195 Å². The minimum absolute atomic E-state index is 0.249. The van der Waals surface area contributed by atoms with Crippen LogP contribution in [0, 0.1) is 11.8 Å². The summed E-state index contributed by atoms with van der Waals surface area (Å²) in [5, 5.41) is 11.2. The summed E-state index contributed by atoms with van der Waals surface area (Å²) in [6, 6.07) is 17.9. The van der Waals surface area contributed by atoms with Crippen molar-refractivity contribution in [3.63, 3.8) is 0 Å². The molecule has 1 N–H and O–H groups in total. The molecule has 2 bridgehead atoms. The number of benzene rings is 3. The van der Waals surface area contributed by atoms with Gasteiger partial charge in [0.05, 0.1) is 24.4 Å². The average molecular weight is 445 g/mol. The van der Waals surface area contributed by atoms with Crippen LogP contribution in [0.15, 0.2) is 54.6 Å². The van der Waals surface area contributed by atoms with Gasteiger partial charge in [-0.25, -0.2) is 4.79 Å². The Kier molecular flexibility index (Phi) is 5.65. The normalized spacial score (nSPS) is 26.8. The smallest absolute Gasteiger partial charge is 0.335 e. The van der Waals surface area contributed by atoms with Gasteiger partial charge in [0.1, 0.15) is 5.75 Å². The quantitative estimate of drug-likeness (QED) is 0.458. The lowest BCUT2D eigenvalue weighted by Crippen LogP contribution is -2.46. The third-order valence-corrected chi connectivity index (χ3v) is 7.68. The SMILES string of the molecule is CCC1CC2CC(C)OC(c3cc(-c4ccc5cc(C(=O)O)ccc5c4)ccc3OC)(C1)C2. The third kappa shape index (κ3) is 4.02. The molecule has 4 heteroatoms. The van der Waals surface area contributed by atoms with Gasteiger partial charge in [-0.1, -0.05) is 37.6 Å². The number of ether oxygens (including phenoxy) is 2. The fourth-order valence-corrected chi connectivity index (χ4v) is 6.23. The molecule has 4 atom stereocenters. The lowest BCUT2D eigenvalue weighted by Gasteiger charge is -2.51. The van der Waals surface area contributed by atoms with E-state index >= 15 is 0 Å². The number of carboxylic acids is 1. The molecule has 1 saturated heterocycles. The van der Waals surface area contributed by atoms with E-state index in [-0.39, 0.29) is 11.7 Å². The van der Waals surface area contributed by atoms with E-state index in [0.717, 1.165) is 46.9 Å². The highest BCUT2D eigenvalue weighted by Crippen LogP contribution is 2.54. The first kappa shape index (κ1) is 22.0. The molecular weight excluding hydrogens is 412 g/mol. The molecule has 0 amide bonds. The molecule has 172 valence electrons. The van der Waals surface area contributed by atoms with E-state index in [2.05, 4.69) is 44.2 Å². The van der Waals surface area contributed by atoms with Crippen molar-refractivity contribution in [2.24, 2.45) is 11.8 Å². The van der Waals surface area contributed by atoms with Crippen LogP contribution < -0.4 is 4.74 Å². The first-order valence-corrected chi connectivity index (χ1v) is 12.0. The number of carbonyl (C=O) groups is 1. The highest BCUT2D eigenvalue weighted by atomic mass is 16.5. The van der Waals surface area contributed by atoms with Crippen LogP contribution in [0.3, 0.4) is 0 Å². The van der Waals surface area contributed by atoms with E-state index in [1.807, 2.05) is 12.1 Å². The van der Waals surface area contributed by atoms with Crippen LogP contribution in [0.1, 0.15) is 61.9 Å². The van der Waals surface area contributed by atoms with Gasteiger partial charge in [-0.05, 0) is 96.7 Å². The number of rotatable bonds is 5. The number of aromatic carboxylic acids is 1. The van der Waals surface area contributed by atoms with Crippen LogP contribution in [-0.2, 0) is 10.3 Å². The van der Waals surface area contributed by atoms with Crippen molar-refractivity contribution in [2.75, 3.05) is 7.11 Å². The van der Waals surface area contributed by atoms with Gasteiger partial charge < -0.3 is 14.6 Å². The van der Waals surface area contributed by atoms with Crippen LogP contribution in [0.4, 0.5) is 0 Å². The highest BCUT2D eigenvalue weighted by molar-refractivity contribution is 5.95. The summed E-state index contributed by atoms with van der Waals surface area (Å²) >= 11 is 0. The van der Waals surface area contributed by atoms with E-state index in [4.69, 9.17) is 9.47 Å². The predicted octanol–water partition coefficient (Wildman–Crippen LogP) is 7.04. The van der Waals surface area contributed by atoms with E-state index in [1.54, 1.807) is 19.2 Å². The summed E-state index contributed by atoms with van der Waals surface area (Å²) < 4.78 is 12.6. The molecule has 1 aliphatic heterocycles. The monoisotopic (exact) mass is 444 g/mol. The first-order valence-electron chi connectivity index (χ1n) is 12.0. The van der Waals surface area contributed by atoms with Gasteiger partial charge >= 0.3 is 5.97 Å². The van der Waals surface area contributed by atoms with Crippen molar-refractivity contribution >= 4 is 16.7 Å². The summed E-state index contributed by atoms with van der Waals surface area (Å²) in [5.74, 6) is 1.37. The number of hydrogen-bond acceptors (Lipinski definition) is 3. The van der Waals surface area contributed by atoms with Gasteiger partial charge in [0.15, 0.2) is 0 Å². The molecular formula is C29H32O4. The van der Waals surface area contributed by atoms with E-state index in [1.165, 1.54) is 18.4 Å². The molecule has 0 aromatic heterocycles. The van der Waals surface area contributed by atoms with Gasteiger partial charge in [0.25, 0.3) is 0 Å². The molecule has 0 radical (unpaired) electrons. The fraction of sp³-hybridized carbons (Fsp3) is 0.414. The van der Waals surface area contributed by atoms with Crippen LogP contribution in [-0.4, -0.2) is 24.3 Å². The lowest BCUT2D eigenvalue weighted by atomic mass is 9.65. The molecule has 33 heavy (non-hydrogen) atoms. The minimum atomic E-state index is -0.905. The molecule has 1 saturated carbocycles. The second kappa shape index (κ2) is 8.49. The van der Waals surface area contributed by atoms with Gasteiger partial charge in [-0.2, -0.15) is 0 Å². The Balaban J connectivity index is 1.59. The summed E-state index contributed by atoms with van der Waals surface area (Å²) in [4.78, 5) is 11.3. The summed E-state index contributed by atoms with van der Waals surface area (Å²) in [5.41, 5.74) is 3.41. The number of carboxylic acid groups (broad SMARTS) is 1. The third-order valence-electron chi connectivity index (χ3n) is 7.68. The minimum Gasteiger partial charge on any atom is -0.496 e. The maximum atomic E-state index is 11.3. The predicted molar refractivity (Wildman–Crippen MR) is 131 cm³/mol. The average Bonchev–Trinajstić information content (AvgIpc) is 2.82. The second-order valence-corrected chi connectivity index (χ2v) is 9.94. The number of fused-ring (bicyclic) bond motifs is 3. The molecule has 4 unspecified atom stereocenters. The number of methoxy groups -OCH3 is 1. The van der Waals surface area contributed by atoms with Crippen LogP contribution in [0.2, 0.25) is 0 Å². The lowest BCUT2D eigenvalue weighted by molar-refractivity contribution is -0.178. The molecule has 3 aromatic carbocycles. The Morgan fingerprint density at radius 2 is 1.76 bits per heavy atom. The maximum Gasteiger partial charge on any atom is 0.335 e. The van der Waals surface area contributed by atoms with E-state index < -0.39 is 5.97 Å². The second-order valence-electron chi connectivity index (χ2n) is 9.94. The van der Waals surface area contributed by atoms with Crippen LogP contribution >= 0.6 is 0 Å². The zero-order valence-electron chi connectivity index (χ0n) is 19.6. The largest absolute Gasteiger partial charge is 0.496 e. The maximum absolute atomic E-state index is 11.3. The molecule has 1 aliphatic carbocycles. The molecule has 1 heterocycles. The Morgan fingerprint density at radius 3 is 2.52 bits per heavy atom. The van der Waals surface area contributed by atoms with Crippen molar-refractivity contribution in [3.05, 3.63) is 65.7 Å². The van der Waals surface area contributed by atoms with Crippen molar-refractivity contribution in [1.82, 2.24) is 0 Å². The summed E-state index contributed by atoms with van der Waals surface area (Å²) in [7, 11) is 1.75. The van der Waals surface area contributed by atoms with Crippen LogP contribution in [0.5, 0.6) is 5.75 Å². The number of hydrogen-bond donors (Lipinski definition) is 1. The van der Waals surface area contributed by atoms with E-state index in [0.29, 0.717) is 17.4 Å². The first-order chi connectivity index (χ1) is 15.9. The van der Waals surface area contributed by atoms with Crippen molar-refractivity contribution < 1.29 is 19.4 Å². The van der Waals surface area contributed by atoms with Crippen molar-refractivity contribution in [2.45, 2.75) is 57.7 Å². The van der Waals surface area contributed by atoms with Gasteiger partial charge in [-0.3, -0.25) is 0 Å². The standard InChI is InChI=1S/C29H32O4/c1-4-19-12-20-11-18(2)33-29(16-19,17-20)26-15-24(9-10-27(26)32-3)22-5-6-23-14-25(28(30)31)8-7-21(23)13-22/h5-10,13-15,18-20H,4,11-12,16-17H2,1-3H3,(H,30,31). The van der Waals surface area contributed by atoms with Crippen LogP contribution in [0.25, 0.3) is 21.9 Å². The molecule has 3 aromatic rings. The highest BCUT2D eigenvalue weighted by Gasteiger charge is 2.48. The Morgan fingerprint density at radius 1 is 1.03 bits per heavy atom. The van der Waals surface area contributed by atoms with Crippen molar-refractivity contribution in [1.29, 1.82) is 0 Å². The zero-order valence-corrected chi connectivity index (χ0v) is 19.6. The summed E-state index contributed by atoms with van der Waals surface area (Å²) in [6.45, 7) is 4.50. The van der Waals surface area contributed by atoms with Gasteiger partial charge in [0, 0.05) is 5.56 Å². The fourth-order valence-electron chi connectivity index (χ4n) is 6.23. The Bertz CT molecular complexity index is 1200. The molecule has 2 aliphatic rings. The van der Waals surface area contributed by atoms with Gasteiger partial charge in [-0.15, -0.1) is 0 Å². The van der Waals surface area contributed by atoms with Gasteiger partial charge in [0.2, 0.25) is 0 Å². The Hall–Kier alpha value is -2.85. The molecule has 5 rings (SSSR count). The zero-order chi connectivity index (χ0) is 23.2. The van der Waals surface area contributed by atoms with E-state index in [9.17, 15) is 9.90 Å². The molecule has 2 fully saturated rings. The molecule has 4 nitrogen and oxygen atoms in total. The topological polar surface area (TPSA) is 55.8 Å². The summed E-state index contributed by atoms with van der Waals surface area (Å²) in [6.07, 6.45) is 5.98.